The molecule has 2 rings (SSSR count). The van der Waals surface area contributed by atoms with Crippen LogP contribution < -0.4 is 9.47 Å². The topological polar surface area (TPSA) is 35.5 Å². The van der Waals surface area contributed by atoms with Gasteiger partial charge in [-0.05, 0) is 24.1 Å². The summed E-state index contributed by atoms with van der Waals surface area (Å²) in [5.74, 6) is 1.81. The van der Waals surface area contributed by atoms with E-state index < -0.39 is 0 Å². The second-order valence-corrected chi connectivity index (χ2v) is 4.01. The maximum absolute atomic E-state index is 11.6. The van der Waals surface area contributed by atoms with Crippen molar-refractivity contribution in [1.29, 1.82) is 0 Å². The van der Waals surface area contributed by atoms with Crippen molar-refractivity contribution in [2.75, 3.05) is 6.79 Å². The molecule has 1 aliphatic rings. The highest BCUT2D eigenvalue weighted by molar-refractivity contribution is 5.81. The number of hydrogen-bond acceptors (Lipinski definition) is 3. The molecule has 0 saturated heterocycles. The highest BCUT2D eigenvalue weighted by atomic mass is 16.7. The van der Waals surface area contributed by atoms with E-state index in [4.69, 9.17) is 9.47 Å². The summed E-state index contributed by atoms with van der Waals surface area (Å²) < 4.78 is 10.5. The number of rotatable bonds is 5. The quantitative estimate of drug-likeness (QED) is 0.765. The number of Topliss-reactive ketones (excluding diaryl/α,β-unsaturated/α-hetero) is 1. The third-order valence-corrected chi connectivity index (χ3v) is 2.65. The van der Waals surface area contributed by atoms with E-state index in [1.807, 2.05) is 18.2 Å². The number of carbonyl (C=O) groups excluding carboxylic acids is 1. The zero-order valence-corrected chi connectivity index (χ0v) is 9.49. The normalized spacial score (nSPS) is 12.8. The summed E-state index contributed by atoms with van der Waals surface area (Å²) in [4.78, 5) is 11.6. The maximum Gasteiger partial charge on any atom is 0.231 e. The van der Waals surface area contributed by atoms with Crippen molar-refractivity contribution >= 4 is 5.78 Å². The first kappa shape index (κ1) is 11.0. The Hall–Kier alpha value is -1.51. The van der Waals surface area contributed by atoms with Crippen molar-refractivity contribution < 1.29 is 14.3 Å². The van der Waals surface area contributed by atoms with Gasteiger partial charge in [-0.2, -0.15) is 0 Å². The molecule has 0 amide bonds. The number of carbonyl (C=O) groups is 1. The summed E-state index contributed by atoms with van der Waals surface area (Å²) in [5.41, 5.74) is 1.00. The molecular weight excluding hydrogens is 204 g/mol. The van der Waals surface area contributed by atoms with Gasteiger partial charge in [0.05, 0.1) is 0 Å². The Balaban J connectivity index is 1.97. The summed E-state index contributed by atoms with van der Waals surface area (Å²) in [6.45, 7) is 2.37. The van der Waals surface area contributed by atoms with Gasteiger partial charge in [0.15, 0.2) is 11.5 Å². The van der Waals surface area contributed by atoms with E-state index in [0.29, 0.717) is 18.6 Å². The Morgan fingerprint density at radius 2 is 2.12 bits per heavy atom. The van der Waals surface area contributed by atoms with Crippen LogP contribution in [0.5, 0.6) is 11.5 Å². The van der Waals surface area contributed by atoms with Crippen molar-refractivity contribution in [3.8, 4) is 11.5 Å². The number of unbranched alkanes of at least 4 members (excludes halogenated alkanes) is 1. The number of hydrogen-bond donors (Lipinski definition) is 0. The van der Waals surface area contributed by atoms with E-state index >= 15 is 0 Å². The van der Waals surface area contributed by atoms with Gasteiger partial charge in [0.1, 0.15) is 5.78 Å². The summed E-state index contributed by atoms with van der Waals surface area (Å²) in [7, 11) is 0. The molecule has 0 atom stereocenters. The largest absolute Gasteiger partial charge is 0.454 e. The first-order valence-corrected chi connectivity index (χ1v) is 5.70. The molecular formula is C13H16O3. The average Bonchev–Trinajstić information content (AvgIpc) is 2.73. The van der Waals surface area contributed by atoms with Crippen molar-refractivity contribution in [3.63, 3.8) is 0 Å². The van der Waals surface area contributed by atoms with Crippen molar-refractivity contribution in [1.82, 2.24) is 0 Å². The molecule has 16 heavy (non-hydrogen) atoms. The van der Waals surface area contributed by atoms with E-state index in [2.05, 4.69) is 6.92 Å². The lowest BCUT2D eigenvalue weighted by Gasteiger charge is -2.02. The van der Waals surface area contributed by atoms with Gasteiger partial charge in [0.2, 0.25) is 6.79 Å². The van der Waals surface area contributed by atoms with Gasteiger partial charge in [-0.25, -0.2) is 0 Å². The molecule has 0 bridgehead atoms. The zero-order valence-electron chi connectivity index (χ0n) is 9.49. The smallest absolute Gasteiger partial charge is 0.231 e. The van der Waals surface area contributed by atoms with Gasteiger partial charge in [-0.3, -0.25) is 4.79 Å². The third-order valence-electron chi connectivity index (χ3n) is 2.65. The molecule has 0 fully saturated rings. The molecule has 0 unspecified atom stereocenters. The number of benzene rings is 1. The van der Waals surface area contributed by atoms with Crippen LogP contribution in [0, 0.1) is 0 Å². The predicted molar refractivity (Wildman–Crippen MR) is 60.8 cm³/mol. The van der Waals surface area contributed by atoms with E-state index in [9.17, 15) is 4.79 Å². The van der Waals surface area contributed by atoms with E-state index in [-0.39, 0.29) is 6.79 Å². The highest BCUT2D eigenvalue weighted by Gasteiger charge is 2.14. The van der Waals surface area contributed by atoms with Crippen LogP contribution in [0.4, 0.5) is 0 Å². The fourth-order valence-corrected chi connectivity index (χ4v) is 1.74. The second kappa shape index (κ2) is 5.01. The van der Waals surface area contributed by atoms with Crippen LogP contribution in [-0.2, 0) is 11.2 Å². The molecule has 3 nitrogen and oxygen atoms in total. The summed E-state index contributed by atoms with van der Waals surface area (Å²) >= 11 is 0. The number of fused-ring (bicyclic) bond motifs is 1. The minimum atomic E-state index is 0.280. The lowest BCUT2D eigenvalue weighted by molar-refractivity contribution is -0.118. The first-order valence-electron chi connectivity index (χ1n) is 5.70. The van der Waals surface area contributed by atoms with Gasteiger partial charge < -0.3 is 9.47 Å². The average molecular weight is 220 g/mol. The zero-order chi connectivity index (χ0) is 11.4. The van der Waals surface area contributed by atoms with Gasteiger partial charge in [0.25, 0.3) is 0 Å². The van der Waals surface area contributed by atoms with Crippen molar-refractivity contribution in [3.05, 3.63) is 23.8 Å². The summed E-state index contributed by atoms with van der Waals surface area (Å²) in [5, 5.41) is 0. The summed E-state index contributed by atoms with van der Waals surface area (Å²) in [6.07, 6.45) is 3.21. The molecule has 86 valence electrons. The van der Waals surface area contributed by atoms with Crippen LogP contribution in [0.2, 0.25) is 0 Å². The van der Waals surface area contributed by atoms with E-state index in [1.54, 1.807) is 0 Å². The van der Waals surface area contributed by atoms with E-state index in [0.717, 1.165) is 29.9 Å². The van der Waals surface area contributed by atoms with Gasteiger partial charge in [-0.15, -0.1) is 0 Å². The molecule has 1 aliphatic heterocycles. The van der Waals surface area contributed by atoms with Gasteiger partial charge in [-0.1, -0.05) is 19.4 Å². The molecule has 1 aromatic rings. The number of ketones is 1. The third kappa shape index (κ3) is 2.54. The van der Waals surface area contributed by atoms with E-state index in [1.165, 1.54) is 0 Å². The van der Waals surface area contributed by atoms with Crippen LogP contribution in [0.1, 0.15) is 31.7 Å². The molecule has 0 aromatic heterocycles. The Labute approximate surface area is 95.4 Å². The monoisotopic (exact) mass is 220 g/mol. The molecule has 0 aliphatic carbocycles. The maximum atomic E-state index is 11.6. The minimum absolute atomic E-state index is 0.280. The SMILES string of the molecule is CCCCC(=O)Cc1ccc2c(c1)OCO2. The molecule has 0 spiro atoms. The van der Waals surface area contributed by atoms with Crippen LogP contribution in [0.3, 0.4) is 0 Å². The van der Waals surface area contributed by atoms with Crippen molar-refractivity contribution in [2.24, 2.45) is 0 Å². The van der Waals surface area contributed by atoms with Gasteiger partial charge in [0, 0.05) is 12.8 Å². The molecule has 1 heterocycles. The second-order valence-electron chi connectivity index (χ2n) is 4.01. The van der Waals surface area contributed by atoms with Crippen LogP contribution >= 0.6 is 0 Å². The standard InChI is InChI=1S/C13H16O3/c1-2-3-4-11(14)7-10-5-6-12-13(8-10)16-9-15-12/h5-6,8H,2-4,7,9H2,1H3. The van der Waals surface area contributed by atoms with Crippen molar-refractivity contribution in [2.45, 2.75) is 32.6 Å². The molecule has 0 N–H and O–H groups in total. The summed E-state index contributed by atoms with van der Waals surface area (Å²) in [6, 6.07) is 5.69. The Morgan fingerprint density at radius 3 is 2.94 bits per heavy atom. The Morgan fingerprint density at radius 1 is 1.31 bits per heavy atom. The fraction of sp³-hybridized carbons (Fsp3) is 0.462. The van der Waals surface area contributed by atoms with Crippen LogP contribution in [-0.4, -0.2) is 12.6 Å². The highest BCUT2D eigenvalue weighted by Crippen LogP contribution is 2.32. The van der Waals surface area contributed by atoms with Crippen LogP contribution in [0.25, 0.3) is 0 Å². The Bertz CT molecular complexity index is 385. The lowest BCUT2D eigenvalue weighted by atomic mass is 10.0. The first-order chi connectivity index (χ1) is 7.79. The van der Waals surface area contributed by atoms with Gasteiger partial charge >= 0.3 is 0 Å². The molecule has 0 saturated carbocycles. The fourth-order valence-electron chi connectivity index (χ4n) is 1.74. The lowest BCUT2D eigenvalue weighted by Crippen LogP contribution is -2.02. The molecule has 3 heteroatoms. The number of ether oxygens (including phenoxy) is 2. The minimum Gasteiger partial charge on any atom is -0.454 e. The Kier molecular flexibility index (Phi) is 3.44. The molecule has 0 radical (unpaired) electrons. The van der Waals surface area contributed by atoms with Crippen LogP contribution in [0.15, 0.2) is 18.2 Å². The predicted octanol–water partition coefficient (Wildman–Crippen LogP) is 2.72. The molecule has 1 aromatic carbocycles.